The van der Waals surface area contributed by atoms with E-state index in [2.05, 4.69) is 5.32 Å². The maximum absolute atomic E-state index is 6.29. The predicted octanol–water partition coefficient (Wildman–Crippen LogP) is 3.22. The van der Waals surface area contributed by atoms with Gasteiger partial charge in [0, 0.05) is 12.0 Å². The second-order valence-electron chi connectivity index (χ2n) is 6.26. The molecule has 0 aromatic carbocycles. The predicted molar refractivity (Wildman–Crippen MR) is 65.3 cm³/mol. The first kappa shape index (κ1) is 11.0. The van der Waals surface area contributed by atoms with Gasteiger partial charge in [-0.15, -0.1) is 0 Å². The summed E-state index contributed by atoms with van der Waals surface area (Å²) in [6.07, 6.45) is 13.6. The molecule has 1 saturated heterocycles. The summed E-state index contributed by atoms with van der Waals surface area (Å²) in [5, 5.41) is 3.77. The summed E-state index contributed by atoms with van der Waals surface area (Å²) < 4.78 is 6.29. The molecule has 0 radical (unpaired) electrons. The van der Waals surface area contributed by atoms with Crippen molar-refractivity contribution in [2.45, 2.75) is 69.9 Å². The Balaban J connectivity index is 1.60. The van der Waals surface area contributed by atoms with E-state index in [-0.39, 0.29) is 5.72 Å². The van der Waals surface area contributed by atoms with Gasteiger partial charge in [0.1, 0.15) is 5.72 Å². The molecule has 16 heavy (non-hydrogen) atoms. The van der Waals surface area contributed by atoms with Crippen molar-refractivity contribution in [2.24, 2.45) is 5.41 Å². The first-order valence-electron chi connectivity index (χ1n) is 7.22. The zero-order valence-corrected chi connectivity index (χ0v) is 10.4. The molecule has 2 nitrogen and oxygen atoms in total. The lowest BCUT2D eigenvalue weighted by atomic mass is 9.68. The Morgan fingerprint density at radius 2 is 1.44 bits per heavy atom. The fraction of sp³-hybridized carbons (Fsp3) is 1.00. The zero-order valence-electron chi connectivity index (χ0n) is 10.4. The van der Waals surface area contributed by atoms with Gasteiger partial charge < -0.3 is 4.74 Å². The highest BCUT2D eigenvalue weighted by molar-refractivity contribution is 4.96. The minimum Gasteiger partial charge on any atom is -0.360 e. The second kappa shape index (κ2) is 4.30. The minimum absolute atomic E-state index is 0.0707. The van der Waals surface area contributed by atoms with Crippen LogP contribution in [0.3, 0.4) is 0 Å². The molecule has 2 saturated carbocycles. The zero-order chi connectivity index (χ0) is 10.9. The standard InChI is InChI=1S/C14H25NO/c1-2-4-9-14(10-5-3-1)15-11-13(12-16-14)7-6-8-13/h15H,1-12H2. The van der Waals surface area contributed by atoms with Crippen molar-refractivity contribution in [3.63, 3.8) is 0 Å². The third-order valence-corrected chi connectivity index (χ3v) is 5.02. The molecule has 1 aliphatic heterocycles. The van der Waals surface area contributed by atoms with Gasteiger partial charge in [-0.1, -0.05) is 25.7 Å². The number of nitrogens with one attached hydrogen (secondary N) is 1. The third-order valence-electron chi connectivity index (χ3n) is 5.02. The van der Waals surface area contributed by atoms with E-state index >= 15 is 0 Å². The lowest BCUT2D eigenvalue weighted by molar-refractivity contribution is -0.174. The topological polar surface area (TPSA) is 21.3 Å². The molecule has 0 atom stereocenters. The van der Waals surface area contributed by atoms with E-state index in [0.29, 0.717) is 5.41 Å². The molecule has 1 N–H and O–H groups in total. The summed E-state index contributed by atoms with van der Waals surface area (Å²) in [6, 6.07) is 0. The van der Waals surface area contributed by atoms with Crippen molar-refractivity contribution in [3.8, 4) is 0 Å². The van der Waals surface area contributed by atoms with Crippen molar-refractivity contribution >= 4 is 0 Å². The normalized spacial score (nSPS) is 33.0. The Kier molecular flexibility index (Phi) is 2.97. The monoisotopic (exact) mass is 223 g/mol. The summed E-state index contributed by atoms with van der Waals surface area (Å²) >= 11 is 0. The van der Waals surface area contributed by atoms with Gasteiger partial charge in [-0.05, 0) is 38.5 Å². The van der Waals surface area contributed by atoms with E-state index in [1.54, 1.807) is 0 Å². The van der Waals surface area contributed by atoms with E-state index in [1.807, 2.05) is 0 Å². The molecular weight excluding hydrogens is 198 g/mol. The van der Waals surface area contributed by atoms with E-state index in [4.69, 9.17) is 4.74 Å². The van der Waals surface area contributed by atoms with Gasteiger partial charge in [0.25, 0.3) is 0 Å². The summed E-state index contributed by atoms with van der Waals surface area (Å²) in [5.74, 6) is 0. The average Bonchev–Trinajstić information content (AvgIpc) is 2.23. The van der Waals surface area contributed by atoms with Gasteiger partial charge in [0.15, 0.2) is 0 Å². The number of hydrogen-bond donors (Lipinski definition) is 1. The van der Waals surface area contributed by atoms with E-state index in [1.165, 1.54) is 70.8 Å². The average molecular weight is 223 g/mol. The summed E-state index contributed by atoms with van der Waals surface area (Å²) in [6.45, 7) is 2.24. The molecule has 92 valence electrons. The lowest BCUT2D eigenvalue weighted by Gasteiger charge is -2.52. The molecule has 0 bridgehead atoms. The molecule has 3 fully saturated rings. The second-order valence-corrected chi connectivity index (χ2v) is 6.26. The Morgan fingerprint density at radius 3 is 1.94 bits per heavy atom. The molecule has 2 heteroatoms. The molecule has 2 spiro atoms. The quantitative estimate of drug-likeness (QED) is 0.681. The Hall–Kier alpha value is -0.0800. The van der Waals surface area contributed by atoms with E-state index in [9.17, 15) is 0 Å². The molecule has 1 heterocycles. The fourth-order valence-electron chi connectivity index (χ4n) is 3.54. The molecule has 0 amide bonds. The van der Waals surface area contributed by atoms with Crippen LogP contribution in [0, 0.1) is 5.41 Å². The first-order valence-corrected chi connectivity index (χ1v) is 7.22. The highest BCUT2D eigenvalue weighted by atomic mass is 16.5. The maximum atomic E-state index is 6.29. The van der Waals surface area contributed by atoms with Crippen LogP contribution in [0.1, 0.15) is 64.2 Å². The summed E-state index contributed by atoms with van der Waals surface area (Å²) in [7, 11) is 0. The van der Waals surface area contributed by atoms with Crippen LogP contribution in [0.2, 0.25) is 0 Å². The number of hydrogen-bond acceptors (Lipinski definition) is 2. The highest BCUT2D eigenvalue weighted by Crippen LogP contribution is 2.45. The van der Waals surface area contributed by atoms with Crippen molar-refractivity contribution in [2.75, 3.05) is 13.2 Å². The van der Waals surface area contributed by atoms with Crippen LogP contribution in [-0.2, 0) is 4.74 Å². The first-order chi connectivity index (χ1) is 7.83. The molecule has 0 aromatic heterocycles. The van der Waals surface area contributed by atoms with Crippen LogP contribution in [-0.4, -0.2) is 18.9 Å². The Labute approximate surface area is 99.1 Å². The SMILES string of the molecule is C1CCCC2(CCC1)NCC1(CCC1)CO2. The fourth-order valence-corrected chi connectivity index (χ4v) is 3.54. The van der Waals surface area contributed by atoms with Gasteiger partial charge in [0.2, 0.25) is 0 Å². The third kappa shape index (κ3) is 2.02. The van der Waals surface area contributed by atoms with Crippen molar-refractivity contribution < 1.29 is 4.74 Å². The summed E-state index contributed by atoms with van der Waals surface area (Å²) in [5.41, 5.74) is 0.606. The van der Waals surface area contributed by atoms with Crippen LogP contribution >= 0.6 is 0 Å². The van der Waals surface area contributed by atoms with Gasteiger partial charge in [0.05, 0.1) is 6.61 Å². The van der Waals surface area contributed by atoms with Gasteiger partial charge >= 0.3 is 0 Å². The molecule has 0 unspecified atom stereocenters. The van der Waals surface area contributed by atoms with Crippen LogP contribution in [0.15, 0.2) is 0 Å². The molecule has 2 aliphatic carbocycles. The molecular formula is C14H25NO. The molecule has 0 aromatic rings. The van der Waals surface area contributed by atoms with Gasteiger partial charge in [-0.2, -0.15) is 0 Å². The van der Waals surface area contributed by atoms with Crippen molar-refractivity contribution in [3.05, 3.63) is 0 Å². The number of rotatable bonds is 0. The maximum Gasteiger partial charge on any atom is 0.119 e. The van der Waals surface area contributed by atoms with Crippen molar-refractivity contribution in [1.29, 1.82) is 0 Å². The smallest absolute Gasteiger partial charge is 0.119 e. The van der Waals surface area contributed by atoms with E-state index < -0.39 is 0 Å². The summed E-state index contributed by atoms with van der Waals surface area (Å²) in [4.78, 5) is 0. The van der Waals surface area contributed by atoms with Gasteiger partial charge in [-0.3, -0.25) is 5.32 Å². The Morgan fingerprint density at radius 1 is 0.750 bits per heavy atom. The lowest BCUT2D eigenvalue weighted by Crippen LogP contribution is -2.61. The van der Waals surface area contributed by atoms with Crippen LogP contribution < -0.4 is 5.32 Å². The molecule has 3 aliphatic rings. The highest BCUT2D eigenvalue weighted by Gasteiger charge is 2.45. The van der Waals surface area contributed by atoms with Crippen LogP contribution in [0.4, 0.5) is 0 Å². The number of ether oxygens (including phenoxy) is 1. The Bertz CT molecular complexity index is 227. The van der Waals surface area contributed by atoms with Gasteiger partial charge in [-0.25, -0.2) is 0 Å². The van der Waals surface area contributed by atoms with Crippen molar-refractivity contribution in [1.82, 2.24) is 5.32 Å². The largest absolute Gasteiger partial charge is 0.360 e. The molecule has 3 rings (SSSR count). The minimum atomic E-state index is 0.0707. The van der Waals surface area contributed by atoms with Crippen LogP contribution in [0.25, 0.3) is 0 Å². The van der Waals surface area contributed by atoms with Crippen LogP contribution in [0.5, 0.6) is 0 Å². The van der Waals surface area contributed by atoms with E-state index in [0.717, 1.165) is 6.61 Å².